The Morgan fingerprint density at radius 3 is 1.33 bits per heavy atom. The first-order chi connectivity index (χ1) is 13.2. The fourth-order valence-corrected chi connectivity index (χ4v) is 3.98. The maximum Gasteiger partial charge on any atom is 0.0154 e. The lowest BCUT2D eigenvalue weighted by Gasteiger charge is -2.30. The Bertz CT molecular complexity index is 299. The summed E-state index contributed by atoms with van der Waals surface area (Å²) in [6, 6.07) is 0. The molecule has 0 aromatic rings. The van der Waals surface area contributed by atoms with E-state index in [1.807, 2.05) is 0 Å². The molecule has 0 bridgehead atoms. The molecule has 0 unspecified atom stereocenters. The zero-order valence-electron chi connectivity index (χ0n) is 19.4. The summed E-state index contributed by atoms with van der Waals surface area (Å²) in [6.07, 6.45) is 31.6. The number of allylic oxidation sites excluding steroid dienone is 2. The largest absolute Gasteiger partial charge is 0.325 e. The second-order valence-corrected chi connectivity index (χ2v) is 8.90. The third kappa shape index (κ3) is 18.8. The van der Waals surface area contributed by atoms with E-state index < -0.39 is 0 Å². The monoisotopic (exact) mass is 379 g/mol. The predicted octanol–water partition coefficient (Wildman–Crippen LogP) is 9.10. The average Bonchev–Trinajstić information content (AvgIpc) is 2.68. The molecule has 0 aromatic carbocycles. The van der Waals surface area contributed by atoms with E-state index in [9.17, 15) is 0 Å². The van der Waals surface area contributed by atoms with Crippen LogP contribution in [0.2, 0.25) is 0 Å². The molecular formula is C26H53N. The summed E-state index contributed by atoms with van der Waals surface area (Å²) in [5.41, 5.74) is 6.85. The van der Waals surface area contributed by atoms with Gasteiger partial charge in [-0.15, -0.1) is 0 Å². The molecule has 0 atom stereocenters. The molecule has 0 saturated carbocycles. The third-order valence-electron chi connectivity index (χ3n) is 5.99. The molecule has 0 spiro atoms. The van der Waals surface area contributed by atoms with E-state index in [-0.39, 0.29) is 5.54 Å². The van der Waals surface area contributed by atoms with E-state index in [4.69, 9.17) is 5.73 Å². The Morgan fingerprint density at radius 1 is 0.481 bits per heavy atom. The molecule has 0 rings (SSSR count). The lowest BCUT2D eigenvalue weighted by atomic mass is 9.83. The molecule has 2 N–H and O–H groups in total. The van der Waals surface area contributed by atoms with Crippen molar-refractivity contribution in [1.29, 1.82) is 0 Å². The van der Waals surface area contributed by atoms with Gasteiger partial charge in [0.1, 0.15) is 0 Å². The summed E-state index contributed by atoms with van der Waals surface area (Å²) in [4.78, 5) is 0. The standard InChI is InChI=1S/C26H53N/c1-4-7-10-11-12-13-14-15-16-17-18-19-20-21-22-25-26(27,23-8-5-2)24-9-6-3/h15-16H,4-14,17-25,27H2,1-3H3/b16-15-. The van der Waals surface area contributed by atoms with Crippen molar-refractivity contribution in [3.63, 3.8) is 0 Å². The van der Waals surface area contributed by atoms with Gasteiger partial charge in [0.25, 0.3) is 0 Å². The summed E-state index contributed by atoms with van der Waals surface area (Å²) >= 11 is 0. The molecule has 0 fully saturated rings. The fourth-order valence-electron chi connectivity index (χ4n) is 3.98. The van der Waals surface area contributed by atoms with Crippen molar-refractivity contribution in [3.05, 3.63) is 12.2 Å². The zero-order chi connectivity index (χ0) is 20.1. The van der Waals surface area contributed by atoms with Crippen LogP contribution in [0.4, 0.5) is 0 Å². The molecule has 1 nitrogen and oxygen atoms in total. The average molecular weight is 380 g/mol. The predicted molar refractivity (Wildman–Crippen MR) is 125 cm³/mol. The number of hydrogen-bond acceptors (Lipinski definition) is 1. The molecule has 0 saturated heterocycles. The van der Waals surface area contributed by atoms with Gasteiger partial charge >= 0.3 is 0 Å². The highest BCUT2D eigenvalue weighted by Crippen LogP contribution is 2.25. The number of rotatable bonds is 21. The molecule has 0 amide bonds. The van der Waals surface area contributed by atoms with Crippen LogP contribution >= 0.6 is 0 Å². The van der Waals surface area contributed by atoms with Gasteiger partial charge in [-0.2, -0.15) is 0 Å². The van der Waals surface area contributed by atoms with Gasteiger partial charge in [-0.1, -0.05) is 116 Å². The van der Waals surface area contributed by atoms with Crippen LogP contribution in [0.15, 0.2) is 12.2 Å². The Labute approximate surface area is 173 Å². The van der Waals surface area contributed by atoms with E-state index in [2.05, 4.69) is 32.9 Å². The van der Waals surface area contributed by atoms with Crippen molar-refractivity contribution < 1.29 is 0 Å². The van der Waals surface area contributed by atoms with Crippen molar-refractivity contribution >= 4 is 0 Å². The highest BCUT2D eigenvalue weighted by Gasteiger charge is 2.22. The van der Waals surface area contributed by atoms with E-state index in [0.29, 0.717) is 0 Å². The molecule has 1 heteroatoms. The van der Waals surface area contributed by atoms with Crippen molar-refractivity contribution in [2.45, 2.75) is 155 Å². The highest BCUT2D eigenvalue weighted by atomic mass is 14.7. The van der Waals surface area contributed by atoms with Gasteiger partial charge in [0.15, 0.2) is 0 Å². The van der Waals surface area contributed by atoms with Gasteiger partial charge < -0.3 is 5.73 Å². The summed E-state index contributed by atoms with van der Waals surface area (Å²) in [7, 11) is 0. The van der Waals surface area contributed by atoms with Crippen molar-refractivity contribution in [3.8, 4) is 0 Å². The van der Waals surface area contributed by atoms with Crippen molar-refractivity contribution in [1.82, 2.24) is 0 Å². The van der Waals surface area contributed by atoms with Crippen LogP contribution < -0.4 is 5.73 Å². The van der Waals surface area contributed by atoms with Crippen LogP contribution in [-0.2, 0) is 0 Å². The van der Waals surface area contributed by atoms with Crippen molar-refractivity contribution in [2.75, 3.05) is 0 Å². The molecule has 162 valence electrons. The lowest BCUT2D eigenvalue weighted by Crippen LogP contribution is -2.39. The van der Waals surface area contributed by atoms with Crippen LogP contribution in [0.3, 0.4) is 0 Å². The molecule has 0 aliphatic heterocycles. The lowest BCUT2D eigenvalue weighted by molar-refractivity contribution is 0.309. The van der Waals surface area contributed by atoms with Crippen molar-refractivity contribution in [2.24, 2.45) is 5.73 Å². The van der Waals surface area contributed by atoms with Crippen LogP contribution in [0.1, 0.15) is 149 Å². The second-order valence-electron chi connectivity index (χ2n) is 8.90. The van der Waals surface area contributed by atoms with E-state index in [0.717, 1.165) is 0 Å². The molecule has 27 heavy (non-hydrogen) atoms. The third-order valence-corrected chi connectivity index (χ3v) is 5.99. The Kier molecular flexibility index (Phi) is 20.2. The fraction of sp³-hybridized carbons (Fsp3) is 0.923. The minimum atomic E-state index is 0.130. The van der Waals surface area contributed by atoms with E-state index in [1.165, 1.54) is 128 Å². The van der Waals surface area contributed by atoms with Crippen LogP contribution in [0.25, 0.3) is 0 Å². The number of hydrogen-bond donors (Lipinski definition) is 1. The molecule has 0 heterocycles. The minimum absolute atomic E-state index is 0.130. The van der Waals surface area contributed by atoms with Gasteiger partial charge in [0.05, 0.1) is 0 Å². The van der Waals surface area contributed by atoms with Gasteiger partial charge in [0.2, 0.25) is 0 Å². The Morgan fingerprint density at radius 2 is 0.852 bits per heavy atom. The Balaban J connectivity index is 3.52. The topological polar surface area (TPSA) is 26.0 Å². The van der Waals surface area contributed by atoms with Crippen LogP contribution in [0, 0.1) is 0 Å². The normalized spacial score (nSPS) is 12.3. The summed E-state index contributed by atoms with van der Waals surface area (Å²) in [6.45, 7) is 6.85. The summed E-state index contributed by atoms with van der Waals surface area (Å²) < 4.78 is 0. The first-order valence-corrected chi connectivity index (χ1v) is 12.6. The van der Waals surface area contributed by atoms with Gasteiger partial charge in [0, 0.05) is 5.54 Å². The molecule has 0 aliphatic rings. The first kappa shape index (κ1) is 26.7. The van der Waals surface area contributed by atoms with Crippen LogP contribution in [-0.4, -0.2) is 5.54 Å². The van der Waals surface area contributed by atoms with Gasteiger partial charge in [-0.05, 0) is 44.9 Å². The first-order valence-electron chi connectivity index (χ1n) is 12.6. The molecular weight excluding hydrogens is 326 g/mol. The quantitative estimate of drug-likeness (QED) is 0.156. The highest BCUT2D eigenvalue weighted by molar-refractivity contribution is 4.84. The smallest absolute Gasteiger partial charge is 0.0154 e. The van der Waals surface area contributed by atoms with E-state index >= 15 is 0 Å². The second kappa shape index (κ2) is 20.4. The maximum absolute atomic E-state index is 6.72. The minimum Gasteiger partial charge on any atom is -0.325 e. The number of unbranched alkanes of at least 4 members (excludes halogenated alkanes) is 13. The molecule has 0 radical (unpaired) electrons. The maximum atomic E-state index is 6.72. The SMILES string of the molecule is CCCCCCCC/C=C\CCCCCCCC(N)(CCCC)CCCC. The van der Waals surface area contributed by atoms with Gasteiger partial charge in [-0.3, -0.25) is 0 Å². The van der Waals surface area contributed by atoms with Crippen LogP contribution in [0.5, 0.6) is 0 Å². The summed E-state index contributed by atoms with van der Waals surface area (Å²) in [5.74, 6) is 0. The Hall–Kier alpha value is -0.300. The zero-order valence-corrected chi connectivity index (χ0v) is 19.4. The summed E-state index contributed by atoms with van der Waals surface area (Å²) in [5, 5.41) is 0. The molecule has 0 aromatic heterocycles. The van der Waals surface area contributed by atoms with Gasteiger partial charge in [-0.25, -0.2) is 0 Å². The molecule has 0 aliphatic carbocycles. The number of nitrogens with two attached hydrogens (primary N) is 1. The van der Waals surface area contributed by atoms with E-state index in [1.54, 1.807) is 0 Å².